The minimum absolute atomic E-state index is 0.0788. The minimum Gasteiger partial charge on any atom is -0.361 e. The molecule has 0 bridgehead atoms. The Morgan fingerprint density at radius 1 is 1.26 bits per heavy atom. The van der Waals surface area contributed by atoms with E-state index >= 15 is 0 Å². The number of hydrogen-bond acceptors (Lipinski definition) is 7. The Morgan fingerprint density at radius 2 is 2.09 bits per heavy atom. The van der Waals surface area contributed by atoms with Gasteiger partial charge in [0.05, 0.1) is 11.3 Å². The number of amides is 1. The van der Waals surface area contributed by atoms with Crippen LogP contribution in [-0.4, -0.2) is 21.2 Å². The minimum atomic E-state index is -0.0788. The van der Waals surface area contributed by atoms with Gasteiger partial charge in [-0.05, 0) is 38.6 Å². The molecule has 3 aromatic rings. The normalized spacial score (nSPS) is 10.9. The second kappa shape index (κ2) is 6.33. The highest BCUT2D eigenvalue weighted by Crippen LogP contribution is 2.32. The van der Waals surface area contributed by atoms with Gasteiger partial charge in [0.25, 0.3) is 5.89 Å². The van der Waals surface area contributed by atoms with E-state index in [1.807, 2.05) is 25.3 Å². The van der Waals surface area contributed by atoms with Crippen molar-refractivity contribution in [1.82, 2.24) is 15.3 Å². The first kappa shape index (κ1) is 15.4. The Kier molecular flexibility index (Phi) is 4.24. The van der Waals surface area contributed by atoms with Crippen LogP contribution in [0.1, 0.15) is 29.3 Å². The van der Waals surface area contributed by atoms with Crippen molar-refractivity contribution in [2.75, 3.05) is 5.32 Å². The smallest absolute Gasteiger partial charge is 0.260 e. The number of aromatic nitrogens is 3. The van der Waals surface area contributed by atoms with E-state index in [1.54, 1.807) is 6.92 Å². The lowest BCUT2D eigenvalue weighted by molar-refractivity contribution is -0.116. The summed E-state index contributed by atoms with van der Waals surface area (Å²) in [5.74, 6) is 1.64. The standard InChI is InChI=1S/C15H16N4O3S/c1-8-11(9(2)21-18-8)4-5-13(20)17-15-12(6-7-23-15)14-16-10(3)19-22-14/h6-7H,4-5H2,1-3H3,(H,17,20). The van der Waals surface area contributed by atoms with Crippen LogP contribution in [0.2, 0.25) is 0 Å². The molecular formula is C15H16N4O3S. The van der Waals surface area contributed by atoms with Crippen molar-refractivity contribution in [3.63, 3.8) is 0 Å². The molecule has 0 atom stereocenters. The predicted octanol–water partition coefficient (Wildman–Crippen LogP) is 3.28. The molecule has 3 rings (SSSR count). The van der Waals surface area contributed by atoms with Crippen molar-refractivity contribution < 1.29 is 13.8 Å². The fraction of sp³-hybridized carbons (Fsp3) is 0.333. The second-order valence-corrected chi connectivity index (χ2v) is 6.08. The van der Waals surface area contributed by atoms with E-state index in [9.17, 15) is 4.79 Å². The van der Waals surface area contributed by atoms with Gasteiger partial charge in [-0.3, -0.25) is 4.79 Å². The summed E-state index contributed by atoms with van der Waals surface area (Å²) in [4.78, 5) is 16.4. The van der Waals surface area contributed by atoms with Gasteiger partial charge in [-0.2, -0.15) is 4.98 Å². The van der Waals surface area contributed by atoms with Crippen molar-refractivity contribution in [2.24, 2.45) is 0 Å². The van der Waals surface area contributed by atoms with Gasteiger partial charge >= 0.3 is 0 Å². The molecule has 23 heavy (non-hydrogen) atoms. The number of aryl methyl sites for hydroxylation is 3. The lowest BCUT2D eigenvalue weighted by Crippen LogP contribution is -2.12. The van der Waals surface area contributed by atoms with Crippen LogP contribution in [0.25, 0.3) is 11.5 Å². The zero-order chi connectivity index (χ0) is 16.4. The lowest BCUT2D eigenvalue weighted by Gasteiger charge is -2.04. The molecule has 8 heteroatoms. The molecule has 0 aromatic carbocycles. The zero-order valence-electron chi connectivity index (χ0n) is 13.0. The Hall–Kier alpha value is -2.48. The molecule has 1 N–H and O–H groups in total. The zero-order valence-corrected chi connectivity index (χ0v) is 13.9. The molecule has 0 saturated heterocycles. The average Bonchev–Trinajstić information content (AvgIpc) is 3.20. The number of anilines is 1. The first-order valence-electron chi connectivity index (χ1n) is 7.14. The van der Waals surface area contributed by atoms with Crippen molar-refractivity contribution in [1.29, 1.82) is 0 Å². The molecule has 0 aliphatic heterocycles. The van der Waals surface area contributed by atoms with Crippen LogP contribution in [-0.2, 0) is 11.2 Å². The Bertz CT molecular complexity index is 814. The molecule has 0 unspecified atom stereocenters. The first-order chi connectivity index (χ1) is 11.0. The molecular weight excluding hydrogens is 316 g/mol. The van der Waals surface area contributed by atoms with E-state index < -0.39 is 0 Å². The third-order valence-corrected chi connectivity index (χ3v) is 4.29. The van der Waals surface area contributed by atoms with E-state index in [2.05, 4.69) is 20.6 Å². The molecule has 3 aromatic heterocycles. The summed E-state index contributed by atoms with van der Waals surface area (Å²) in [5.41, 5.74) is 2.55. The quantitative estimate of drug-likeness (QED) is 0.770. The van der Waals surface area contributed by atoms with Gasteiger partial charge in [-0.15, -0.1) is 11.3 Å². The van der Waals surface area contributed by atoms with Crippen molar-refractivity contribution in [3.8, 4) is 11.5 Å². The summed E-state index contributed by atoms with van der Waals surface area (Å²) in [6, 6.07) is 1.85. The van der Waals surface area contributed by atoms with Gasteiger partial charge in [0.2, 0.25) is 5.91 Å². The van der Waals surface area contributed by atoms with Gasteiger partial charge in [-0.25, -0.2) is 0 Å². The van der Waals surface area contributed by atoms with E-state index in [4.69, 9.17) is 9.05 Å². The van der Waals surface area contributed by atoms with Crippen LogP contribution in [0.3, 0.4) is 0 Å². The van der Waals surface area contributed by atoms with Crippen molar-refractivity contribution in [2.45, 2.75) is 33.6 Å². The van der Waals surface area contributed by atoms with Crippen LogP contribution in [0.5, 0.6) is 0 Å². The highest BCUT2D eigenvalue weighted by atomic mass is 32.1. The number of thiophene rings is 1. The highest BCUT2D eigenvalue weighted by Gasteiger charge is 2.16. The molecule has 0 radical (unpaired) electrons. The highest BCUT2D eigenvalue weighted by molar-refractivity contribution is 7.15. The number of carbonyl (C=O) groups is 1. The summed E-state index contributed by atoms with van der Waals surface area (Å²) >= 11 is 1.42. The Morgan fingerprint density at radius 3 is 2.74 bits per heavy atom. The maximum Gasteiger partial charge on any atom is 0.260 e. The number of hydrogen-bond donors (Lipinski definition) is 1. The van der Waals surface area contributed by atoms with E-state index in [0.29, 0.717) is 29.6 Å². The SMILES string of the molecule is Cc1noc(-c2ccsc2NC(=O)CCc2c(C)noc2C)n1. The van der Waals surface area contributed by atoms with Crippen LogP contribution in [0.4, 0.5) is 5.00 Å². The number of rotatable bonds is 5. The summed E-state index contributed by atoms with van der Waals surface area (Å²) in [6.45, 7) is 5.47. The fourth-order valence-corrected chi connectivity index (χ4v) is 3.06. The summed E-state index contributed by atoms with van der Waals surface area (Å²) in [7, 11) is 0. The molecule has 1 amide bonds. The van der Waals surface area contributed by atoms with E-state index in [-0.39, 0.29) is 5.91 Å². The number of nitrogens with one attached hydrogen (secondary N) is 1. The molecule has 120 valence electrons. The summed E-state index contributed by atoms with van der Waals surface area (Å²) in [5, 5.41) is 13.1. The summed E-state index contributed by atoms with van der Waals surface area (Å²) < 4.78 is 10.3. The maximum atomic E-state index is 12.2. The third-order valence-electron chi connectivity index (χ3n) is 3.46. The Labute approximate surface area is 136 Å². The molecule has 0 spiro atoms. The average molecular weight is 332 g/mol. The van der Waals surface area contributed by atoms with Crippen LogP contribution in [0.15, 0.2) is 20.5 Å². The van der Waals surface area contributed by atoms with Gasteiger partial charge in [0.1, 0.15) is 10.8 Å². The molecule has 0 aliphatic rings. The fourth-order valence-electron chi connectivity index (χ4n) is 2.27. The monoisotopic (exact) mass is 332 g/mol. The van der Waals surface area contributed by atoms with Crippen LogP contribution < -0.4 is 5.32 Å². The largest absolute Gasteiger partial charge is 0.361 e. The Balaban J connectivity index is 1.66. The maximum absolute atomic E-state index is 12.2. The topological polar surface area (TPSA) is 94.1 Å². The predicted molar refractivity (Wildman–Crippen MR) is 85.3 cm³/mol. The molecule has 3 heterocycles. The molecule has 7 nitrogen and oxygen atoms in total. The molecule has 0 saturated carbocycles. The first-order valence-corrected chi connectivity index (χ1v) is 8.02. The number of carbonyl (C=O) groups excluding carboxylic acids is 1. The number of nitrogens with zero attached hydrogens (tertiary/aromatic N) is 3. The van der Waals surface area contributed by atoms with Gasteiger partial charge < -0.3 is 14.4 Å². The second-order valence-electron chi connectivity index (χ2n) is 5.16. The van der Waals surface area contributed by atoms with Gasteiger partial charge in [-0.1, -0.05) is 10.3 Å². The molecule has 0 aliphatic carbocycles. The van der Waals surface area contributed by atoms with E-state index in [0.717, 1.165) is 22.6 Å². The van der Waals surface area contributed by atoms with Gasteiger partial charge in [0.15, 0.2) is 5.82 Å². The van der Waals surface area contributed by atoms with Crippen molar-refractivity contribution >= 4 is 22.2 Å². The van der Waals surface area contributed by atoms with Crippen molar-refractivity contribution in [3.05, 3.63) is 34.3 Å². The third kappa shape index (κ3) is 3.31. The van der Waals surface area contributed by atoms with Crippen LogP contribution >= 0.6 is 11.3 Å². The molecule has 0 fully saturated rings. The summed E-state index contributed by atoms with van der Waals surface area (Å²) in [6.07, 6.45) is 0.941. The lowest BCUT2D eigenvalue weighted by atomic mass is 10.1. The van der Waals surface area contributed by atoms with Gasteiger partial charge in [0, 0.05) is 12.0 Å². The van der Waals surface area contributed by atoms with E-state index in [1.165, 1.54) is 11.3 Å². The van der Waals surface area contributed by atoms with Crippen LogP contribution in [0, 0.1) is 20.8 Å².